The Balaban J connectivity index is 1.33. The zero-order valence-electron chi connectivity index (χ0n) is 17.1. The quantitative estimate of drug-likeness (QED) is 0.455. The number of amides is 1. The highest BCUT2D eigenvalue weighted by Crippen LogP contribution is 2.37. The molecule has 0 aliphatic carbocycles. The summed E-state index contributed by atoms with van der Waals surface area (Å²) in [5, 5.41) is 6.43. The summed E-state index contributed by atoms with van der Waals surface area (Å²) in [6, 6.07) is 12.6. The second kappa shape index (κ2) is 8.63. The van der Waals surface area contributed by atoms with Crippen molar-refractivity contribution in [3.63, 3.8) is 0 Å². The van der Waals surface area contributed by atoms with E-state index in [-0.39, 0.29) is 23.3 Å². The summed E-state index contributed by atoms with van der Waals surface area (Å²) in [5.74, 6) is -0.316. The van der Waals surface area contributed by atoms with Crippen molar-refractivity contribution in [1.29, 1.82) is 0 Å². The first-order valence-electron chi connectivity index (χ1n) is 10.4. The summed E-state index contributed by atoms with van der Waals surface area (Å²) >= 11 is 1.52. The van der Waals surface area contributed by atoms with Gasteiger partial charge in [-0.05, 0) is 42.7 Å². The van der Waals surface area contributed by atoms with Gasteiger partial charge in [-0.15, -0.1) is 11.3 Å². The third-order valence-corrected chi connectivity index (χ3v) is 6.64. The zero-order chi connectivity index (χ0) is 22.1. The summed E-state index contributed by atoms with van der Waals surface area (Å²) in [6.07, 6.45) is 2.98. The number of carbonyl (C=O) groups is 1. The normalized spacial score (nSPS) is 14.6. The van der Waals surface area contributed by atoms with Crippen molar-refractivity contribution in [3.05, 3.63) is 77.4 Å². The average molecular weight is 451 g/mol. The van der Waals surface area contributed by atoms with Gasteiger partial charge in [0.1, 0.15) is 28.6 Å². The van der Waals surface area contributed by atoms with Gasteiger partial charge in [0.05, 0.1) is 10.9 Å². The molecule has 1 aliphatic heterocycles. The number of halogens is 2. The number of anilines is 1. The molecule has 0 unspecified atom stereocenters. The molecule has 2 aromatic carbocycles. The number of rotatable bonds is 4. The van der Waals surface area contributed by atoms with Crippen LogP contribution in [0, 0.1) is 11.6 Å². The lowest BCUT2D eigenvalue weighted by molar-refractivity contribution is 0.0713. The van der Waals surface area contributed by atoms with Crippen molar-refractivity contribution in [3.8, 4) is 11.1 Å². The lowest BCUT2D eigenvalue weighted by Gasteiger charge is -2.33. The van der Waals surface area contributed by atoms with Crippen LogP contribution in [0.5, 0.6) is 0 Å². The molecule has 1 saturated heterocycles. The van der Waals surface area contributed by atoms with Gasteiger partial charge in [0, 0.05) is 30.1 Å². The number of fused-ring (bicyclic) bond motifs is 1. The minimum Gasteiger partial charge on any atom is -0.367 e. The van der Waals surface area contributed by atoms with E-state index in [4.69, 9.17) is 0 Å². The van der Waals surface area contributed by atoms with Crippen molar-refractivity contribution in [2.75, 3.05) is 18.4 Å². The Morgan fingerprint density at radius 1 is 1.03 bits per heavy atom. The Morgan fingerprint density at radius 3 is 2.53 bits per heavy atom. The molecular weight excluding hydrogens is 430 g/mol. The largest absolute Gasteiger partial charge is 0.367 e. The predicted molar refractivity (Wildman–Crippen MR) is 122 cm³/mol. The third-order valence-electron chi connectivity index (χ3n) is 5.75. The number of likely N-dealkylation sites (tertiary alicyclic amines) is 1. The summed E-state index contributed by atoms with van der Waals surface area (Å²) in [5.41, 5.74) is 1.97. The maximum absolute atomic E-state index is 14.0. The second-order valence-electron chi connectivity index (χ2n) is 7.75. The fourth-order valence-corrected chi connectivity index (χ4v) is 4.97. The number of piperidine rings is 1. The van der Waals surface area contributed by atoms with Crippen LogP contribution in [0.3, 0.4) is 0 Å². The van der Waals surface area contributed by atoms with E-state index < -0.39 is 5.82 Å². The third kappa shape index (κ3) is 3.93. The van der Waals surface area contributed by atoms with Crippen LogP contribution in [-0.2, 0) is 0 Å². The summed E-state index contributed by atoms with van der Waals surface area (Å²) in [6.45, 7) is 1.07. The zero-order valence-corrected chi connectivity index (χ0v) is 17.9. The maximum atomic E-state index is 14.0. The Kier molecular flexibility index (Phi) is 5.53. The fourth-order valence-electron chi connectivity index (χ4n) is 4.05. The number of nitrogens with one attached hydrogen (secondary N) is 1. The maximum Gasteiger partial charge on any atom is 0.256 e. The van der Waals surface area contributed by atoms with Gasteiger partial charge in [0.2, 0.25) is 0 Å². The molecule has 5 nitrogen and oxygen atoms in total. The molecule has 162 valence electrons. The molecule has 8 heteroatoms. The number of benzene rings is 2. The molecule has 32 heavy (non-hydrogen) atoms. The van der Waals surface area contributed by atoms with Crippen LogP contribution in [0.25, 0.3) is 21.3 Å². The van der Waals surface area contributed by atoms with E-state index >= 15 is 0 Å². The van der Waals surface area contributed by atoms with Crippen LogP contribution < -0.4 is 5.32 Å². The lowest BCUT2D eigenvalue weighted by atomic mass is 10.0. The predicted octanol–water partition coefficient (Wildman–Crippen LogP) is 5.35. The van der Waals surface area contributed by atoms with E-state index in [2.05, 4.69) is 15.3 Å². The molecule has 1 fully saturated rings. The van der Waals surface area contributed by atoms with Crippen LogP contribution >= 0.6 is 11.3 Å². The number of aromatic nitrogens is 2. The summed E-state index contributed by atoms with van der Waals surface area (Å²) in [4.78, 5) is 24.1. The van der Waals surface area contributed by atoms with Crippen molar-refractivity contribution in [2.45, 2.75) is 18.9 Å². The number of thiophene rings is 1. The van der Waals surface area contributed by atoms with Crippen molar-refractivity contribution in [1.82, 2.24) is 14.9 Å². The first kappa shape index (κ1) is 20.5. The minimum atomic E-state index is -0.494. The van der Waals surface area contributed by atoms with Crippen molar-refractivity contribution < 1.29 is 13.6 Å². The van der Waals surface area contributed by atoms with E-state index in [1.807, 2.05) is 5.38 Å². The van der Waals surface area contributed by atoms with E-state index in [9.17, 15) is 13.6 Å². The Morgan fingerprint density at radius 2 is 1.78 bits per heavy atom. The molecule has 0 bridgehead atoms. The van der Waals surface area contributed by atoms with Gasteiger partial charge in [-0.3, -0.25) is 4.79 Å². The Labute approximate surface area is 187 Å². The average Bonchev–Trinajstić information content (AvgIpc) is 3.25. The van der Waals surface area contributed by atoms with E-state index in [0.29, 0.717) is 13.1 Å². The van der Waals surface area contributed by atoms with Gasteiger partial charge in [0.15, 0.2) is 0 Å². The van der Waals surface area contributed by atoms with Gasteiger partial charge in [-0.2, -0.15) is 0 Å². The van der Waals surface area contributed by atoms with Gasteiger partial charge < -0.3 is 10.2 Å². The monoisotopic (exact) mass is 450 g/mol. The highest BCUT2D eigenvalue weighted by molar-refractivity contribution is 7.17. The van der Waals surface area contributed by atoms with Crippen molar-refractivity contribution in [2.24, 2.45) is 0 Å². The number of carbonyl (C=O) groups excluding carboxylic acids is 1. The molecule has 0 saturated carbocycles. The standard InChI is InChI=1S/C24H20F2N4OS/c25-16-7-5-15(6-8-16)19-13-32-23-21(19)22(27-14-28-23)29-17-9-11-30(12-10-17)24(31)18-3-1-2-4-20(18)26/h1-8,13-14,17H,9-12H2,(H,27,28,29). The highest BCUT2D eigenvalue weighted by Gasteiger charge is 2.26. The van der Waals surface area contributed by atoms with Gasteiger partial charge in [-0.25, -0.2) is 18.7 Å². The molecular formula is C24H20F2N4OS. The smallest absolute Gasteiger partial charge is 0.256 e. The molecule has 1 N–H and O–H groups in total. The molecule has 1 amide bonds. The molecule has 4 aromatic rings. The molecule has 2 aromatic heterocycles. The van der Waals surface area contributed by atoms with Gasteiger partial charge >= 0.3 is 0 Å². The fraction of sp³-hybridized carbons (Fsp3) is 0.208. The molecule has 1 aliphatic rings. The molecule has 5 rings (SSSR count). The SMILES string of the molecule is O=C(c1ccccc1F)N1CCC(Nc2ncnc3scc(-c4ccc(F)cc4)c23)CC1. The lowest BCUT2D eigenvalue weighted by Crippen LogP contribution is -2.42. The molecule has 0 spiro atoms. The van der Waals surface area contributed by atoms with Crippen LogP contribution in [0.1, 0.15) is 23.2 Å². The van der Waals surface area contributed by atoms with Gasteiger partial charge in [-0.1, -0.05) is 24.3 Å². The van der Waals surface area contributed by atoms with Crippen LogP contribution in [-0.4, -0.2) is 39.9 Å². The molecule has 3 heterocycles. The molecule has 0 atom stereocenters. The van der Waals surface area contributed by atoms with E-state index in [0.717, 1.165) is 40.0 Å². The highest BCUT2D eigenvalue weighted by atomic mass is 32.1. The number of hydrogen-bond acceptors (Lipinski definition) is 5. The Bertz CT molecular complexity index is 1270. The summed E-state index contributed by atoms with van der Waals surface area (Å²) < 4.78 is 27.3. The minimum absolute atomic E-state index is 0.110. The number of hydrogen-bond donors (Lipinski definition) is 1. The number of nitrogens with zero attached hydrogens (tertiary/aromatic N) is 3. The Hall–Kier alpha value is -3.39. The van der Waals surface area contributed by atoms with Gasteiger partial charge in [0.25, 0.3) is 5.91 Å². The van der Waals surface area contributed by atoms with Crippen LogP contribution in [0.15, 0.2) is 60.2 Å². The first-order chi connectivity index (χ1) is 15.6. The van der Waals surface area contributed by atoms with Crippen LogP contribution in [0.4, 0.5) is 14.6 Å². The van der Waals surface area contributed by atoms with Crippen LogP contribution in [0.2, 0.25) is 0 Å². The van der Waals surface area contributed by atoms with E-state index in [1.165, 1.54) is 41.9 Å². The van der Waals surface area contributed by atoms with E-state index in [1.54, 1.807) is 29.2 Å². The first-order valence-corrected chi connectivity index (χ1v) is 11.3. The van der Waals surface area contributed by atoms with Crippen molar-refractivity contribution >= 4 is 33.3 Å². The second-order valence-corrected chi connectivity index (χ2v) is 8.61. The summed E-state index contributed by atoms with van der Waals surface area (Å²) in [7, 11) is 0. The topological polar surface area (TPSA) is 58.1 Å². The molecule has 0 radical (unpaired) electrons.